The molecule has 0 fully saturated rings. The highest BCUT2D eigenvalue weighted by molar-refractivity contribution is 5.87. The number of carbonyl (C=O) groups is 1. The third-order valence-electron chi connectivity index (χ3n) is 3.28. The molecule has 1 atom stereocenters. The lowest BCUT2D eigenvalue weighted by molar-refractivity contribution is 0.0594. The Morgan fingerprint density at radius 2 is 2.05 bits per heavy atom. The number of benzene rings is 1. The van der Waals surface area contributed by atoms with E-state index in [0.29, 0.717) is 12.2 Å². The summed E-state index contributed by atoms with van der Waals surface area (Å²) in [4.78, 5) is 14.3. The molecule has 21 heavy (non-hydrogen) atoms. The maximum atomic E-state index is 11.3. The zero-order valence-electron chi connectivity index (χ0n) is 12.0. The summed E-state index contributed by atoms with van der Waals surface area (Å²) < 4.78 is 4.64. The van der Waals surface area contributed by atoms with Gasteiger partial charge in [-0.3, -0.25) is 0 Å². The van der Waals surface area contributed by atoms with E-state index in [-0.39, 0.29) is 18.6 Å². The Hall–Kier alpha value is -2.11. The fourth-order valence-corrected chi connectivity index (χ4v) is 2.13. The lowest BCUT2D eigenvalue weighted by Crippen LogP contribution is -2.34. The second kappa shape index (κ2) is 7.61. The Balaban J connectivity index is 1.88. The van der Waals surface area contributed by atoms with Gasteiger partial charge in [0.05, 0.1) is 13.7 Å². The summed E-state index contributed by atoms with van der Waals surface area (Å²) in [5.74, 6) is -0.385. The van der Waals surface area contributed by atoms with E-state index in [2.05, 4.69) is 15.0 Å². The van der Waals surface area contributed by atoms with Gasteiger partial charge in [-0.2, -0.15) is 0 Å². The number of hydrogen-bond acceptors (Lipinski definition) is 4. The molecule has 2 rings (SSSR count). The first-order valence-electron chi connectivity index (χ1n) is 6.87. The minimum absolute atomic E-state index is 0.0303. The Kier molecular flexibility index (Phi) is 5.54. The monoisotopic (exact) mass is 288 g/mol. The van der Waals surface area contributed by atoms with Gasteiger partial charge in [-0.25, -0.2) is 4.79 Å². The maximum Gasteiger partial charge on any atom is 0.354 e. The molecule has 3 N–H and O–H groups in total. The zero-order chi connectivity index (χ0) is 15.1. The average Bonchev–Trinajstić information content (AvgIpc) is 3.00. The SMILES string of the molecule is COC(=O)c1ccc(CNC(CO)Cc2ccccc2)[nH]1. The topological polar surface area (TPSA) is 74.3 Å². The molecule has 0 saturated carbocycles. The summed E-state index contributed by atoms with van der Waals surface area (Å²) >= 11 is 0. The highest BCUT2D eigenvalue weighted by Crippen LogP contribution is 2.06. The molecule has 0 aliphatic carbocycles. The van der Waals surface area contributed by atoms with Crippen molar-refractivity contribution in [2.24, 2.45) is 0 Å². The van der Waals surface area contributed by atoms with Crippen LogP contribution in [0.3, 0.4) is 0 Å². The number of aliphatic hydroxyl groups excluding tert-OH is 1. The number of aromatic nitrogens is 1. The predicted molar refractivity (Wildman–Crippen MR) is 80.0 cm³/mol. The fourth-order valence-electron chi connectivity index (χ4n) is 2.13. The highest BCUT2D eigenvalue weighted by Gasteiger charge is 2.11. The summed E-state index contributed by atoms with van der Waals surface area (Å²) in [6.45, 7) is 0.606. The van der Waals surface area contributed by atoms with Crippen molar-refractivity contribution in [3.05, 3.63) is 59.4 Å². The molecular formula is C16H20N2O3. The molecule has 1 heterocycles. The molecule has 112 valence electrons. The molecular weight excluding hydrogens is 268 g/mol. The van der Waals surface area contributed by atoms with E-state index in [0.717, 1.165) is 12.1 Å². The van der Waals surface area contributed by atoms with E-state index in [1.54, 1.807) is 6.07 Å². The number of H-pyrrole nitrogens is 1. The molecule has 0 saturated heterocycles. The van der Waals surface area contributed by atoms with Crippen LogP contribution in [-0.4, -0.2) is 35.8 Å². The Labute approximate surface area is 124 Å². The van der Waals surface area contributed by atoms with Crippen LogP contribution in [0, 0.1) is 0 Å². The quantitative estimate of drug-likeness (QED) is 0.675. The van der Waals surface area contributed by atoms with Crippen molar-refractivity contribution in [3.8, 4) is 0 Å². The molecule has 2 aromatic rings. The fraction of sp³-hybridized carbons (Fsp3) is 0.312. The molecule has 1 aromatic heterocycles. The first-order valence-corrected chi connectivity index (χ1v) is 6.87. The number of esters is 1. The van der Waals surface area contributed by atoms with Crippen LogP contribution in [0.1, 0.15) is 21.7 Å². The largest absolute Gasteiger partial charge is 0.464 e. The van der Waals surface area contributed by atoms with Crippen molar-refractivity contribution < 1.29 is 14.6 Å². The number of aliphatic hydroxyl groups is 1. The maximum absolute atomic E-state index is 11.3. The van der Waals surface area contributed by atoms with Crippen molar-refractivity contribution in [2.45, 2.75) is 19.0 Å². The number of nitrogens with one attached hydrogen (secondary N) is 2. The first kappa shape index (κ1) is 15.3. The van der Waals surface area contributed by atoms with Crippen LogP contribution in [0.5, 0.6) is 0 Å². The minimum atomic E-state index is -0.385. The molecule has 0 bridgehead atoms. The normalized spacial score (nSPS) is 12.1. The van der Waals surface area contributed by atoms with Crippen molar-refractivity contribution >= 4 is 5.97 Å². The molecule has 0 radical (unpaired) electrons. The van der Waals surface area contributed by atoms with Gasteiger partial charge < -0.3 is 20.1 Å². The van der Waals surface area contributed by atoms with Gasteiger partial charge in [0, 0.05) is 18.3 Å². The number of rotatable bonds is 7. The number of aromatic amines is 1. The number of carbonyl (C=O) groups excluding carboxylic acids is 1. The van der Waals surface area contributed by atoms with Crippen LogP contribution in [0.25, 0.3) is 0 Å². The van der Waals surface area contributed by atoms with Crippen LogP contribution in [0.4, 0.5) is 0 Å². The summed E-state index contributed by atoms with van der Waals surface area (Å²) in [5, 5.41) is 12.7. The van der Waals surface area contributed by atoms with Gasteiger partial charge in [-0.05, 0) is 24.1 Å². The average molecular weight is 288 g/mol. The van der Waals surface area contributed by atoms with E-state index < -0.39 is 0 Å². The van der Waals surface area contributed by atoms with Gasteiger partial charge in [0.1, 0.15) is 5.69 Å². The van der Waals surface area contributed by atoms with Crippen LogP contribution < -0.4 is 5.32 Å². The van der Waals surface area contributed by atoms with Gasteiger partial charge in [0.25, 0.3) is 0 Å². The predicted octanol–water partition coefficient (Wildman–Crippen LogP) is 1.49. The molecule has 0 aliphatic rings. The molecule has 0 aliphatic heterocycles. The van der Waals surface area contributed by atoms with Gasteiger partial charge in [-0.1, -0.05) is 30.3 Å². The Bertz CT molecular complexity index is 566. The lowest BCUT2D eigenvalue weighted by Gasteiger charge is -2.15. The molecule has 1 aromatic carbocycles. The number of ether oxygens (including phenoxy) is 1. The number of methoxy groups -OCH3 is 1. The van der Waals surface area contributed by atoms with Crippen LogP contribution >= 0.6 is 0 Å². The van der Waals surface area contributed by atoms with Gasteiger partial charge >= 0.3 is 5.97 Å². The summed E-state index contributed by atoms with van der Waals surface area (Å²) in [7, 11) is 1.35. The second-order valence-electron chi connectivity index (χ2n) is 4.84. The number of hydrogen-bond donors (Lipinski definition) is 3. The molecule has 5 heteroatoms. The minimum Gasteiger partial charge on any atom is -0.464 e. The van der Waals surface area contributed by atoms with E-state index in [4.69, 9.17) is 0 Å². The highest BCUT2D eigenvalue weighted by atomic mass is 16.5. The van der Waals surface area contributed by atoms with E-state index in [9.17, 15) is 9.90 Å². The van der Waals surface area contributed by atoms with Gasteiger partial charge in [0.2, 0.25) is 0 Å². The van der Waals surface area contributed by atoms with Crippen LogP contribution in [0.2, 0.25) is 0 Å². The van der Waals surface area contributed by atoms with E-state index in [1.807, 2.05) is 36.4 Å². The molecule has 0 spiro atoms. The smallest absolute Gasteiger partial charge is 0.354 e. The summed E-state index contributed by atoms with van der Waals surface area (Å²) in [6, 6.07) is 13.5. The summed E-state index contributed by atoms with van der Waals surface area (Å²) in [6.07, 6.45) is 0.752. The first-order chi connectivity index (χ1) is 10.2. The van der Waals surface area contributed by atoms with Crippen LogP contribution in [-0.2, 0) is 17.7 Å². The van der Waals surface area contributed by atoms with Crippen molar-refractivity contribution in [1.29, 1.82) is 0 Å². The Morgan fingerprint density at radius 1 is 1.29 bits per heavy atom. The van der Waals surface area contributed by atoms with E-state index >= 15 is 0 Å². The molecule has 0 amide bonds. The molecule has 1 unspecified atom stereocenters. The zero-order valence-corrected chi connectivity index (χ0v) is 12.0. The van der Waals surface area contributed by atoms with Crippen molar-refractivity contribution in [1.82, 2.24) is 10.3 Å². The van der Waals surface area contributed by atoms with Crippen LogP contribution in [0.15, 0.2) is 42.5 Å². The lowest BCUT2D eigenvalue weighted by atomic mass is 10.1. The summed E-state index contributed by atoms with van der Waals surface area (Å²) in [5.41, 5.74) is 2.48. The van der Waals surface area contributed by atoms with Gasteiger partial charge in [-0.15, -0.1) is 0 Å². The van der Waals surface area contributed by atoms with Crippen molar-refractivity contribution in [3.63, 3.8) is 0 Å². The van der Waals surface area contributed by atoms with Gasteiger partial charge in [0.15, 0.2) is 0 Å². The molecule has 5 nitrogen and oxygen atoms in total. The third kappa shape index (κ3) is 4.44. The second-order valence-corrected chi connectivity index (χ2v) is 4.84. The van der Waals surface area contributed by atoms with Crippen molar-refractivity contribution in [2.75, 3.05) is 13.7 Å². The third-order valence-corrected chi connectivity index (χ3v) is 3.28. The Morgan fingerprint density at radius 3 is 2.71 bits per heavy atom. The standard InChI is InChI=1S/C16H20N2O3/c1-21-16(20)15-8-7-13(18-15)10-17-14(11-19)9-12-5-3-2-4-6-12/h2-8,14,17-19H,9-11H2,1H3. The van der Waals surface area contributed by atoms with E-state index in [1.165, 1.54) is 12.7 Å².